The lowest BCUT2D eigenvalue weighted by Gasteiger charge is -2.30. The van der Waals surface area contributed by atoms with Gasteiger partial charge in [0.15, 0.2) is 5.82 Å². The molecule has 3 rings (SSSR count). The van der Waals surface area contributed by atoms with Crippen molar-refractivity contribution in [3.63, 3.8) is 0 Å². The summed E-state index contributed by atoms with van der Waals surface area (Å²) in [5.41, 5.74) is 6.08. The van der Waals surface area contributed by atoms with Gasteiger partial charge in [0.1, 0.15) is 0 Å². The predicted molar refractivity (Wildman–Crippen MR) is 85.0 cm³/mol. The second-order valence-corrected chi connectivity index (χ2v) is 9.04. The van der Waals surface area contributed by atoms with Crippen LogP contribution in [0, 0.1) is 0 Å². The van der Waals surface area contributed by atoms with Gasteiger partial charge in [-0.1, -0.05) is 38.3 Å². The molecule has 4 nitrogen and oxygen atoms in total. The highest BCUT2D eigenvalue weighted by Gasteiger charge is 2.37. The van der Waals surface area contributed by atoms with E-state index in [-0.39, 0.29) is 5.54 Å². The van der Waals surface area contributed by atoms with Crippen molar-refractivity contribution in [3.8, 4) is 0 Å². The summed E-state index contributed by atoms with van der Waals surface area (Å²) in [7, 11) is 0. The van der Waals surface area contributed by atoms with E-state index in [2.05, 4.69) is 24.0 Å². The van der Waals surface area contributed by atoms with Crippen molar-refractivity contribution in [1.29, 1.82) is 0 Å². The zero-order chi connectivity index (χ0) is 14.2. The molecule has 1 aromatic rings. The maximum absolute atomic E-state index is 6.46. The van der Waals surface area contributed by atoms with E-state index >= 15 is 0 Å². The molecule has 3 unspecified atom stereocenters. The maximum Gasteiger partial charge on any atom is 0.246 e. The maximum atomic E-state index is 6.46. The number of aromatic nitrogens is 2. The number of nitrogens with two attached hydrogens (primary N) is 1. The summed E-state index contributed by atoms with van der Waals surface area (Å²) in [6.07, 6.45) is 5.53. The average molecular weight is 313 g/mol. The molecule has 2 heterocycles. The van der Waals surface area contributed by atoms with E-state index < -0.39 is 0 Å². The van der Waals surface area contributed by atoms with Crippen LogP contribution in [0.15, 0.2) is 4.52 Å². The van der Waals surface area contributed by atoms with Gasteiger partial charge in [-0.05, 0) is 12.8 Å². The third-order valence-corrected chi connectivity index (χ3v) is 7.84. The Bertz CT molecular complexity index is 459. The molecular formula is C14H23N3OS2. The van der Waals surface area contributed by atoms with Gasteiger partial charge >= 0.3 is 0 Å². The quantitative estimate of drug-likeness (QED) is 0.901. The van der Waals surface area contributed by atoms with Crippen molar-refractivity contribution < 1.29 is 4.52 Å². The zero-order valence-electron chi connectivity index (χ0n) is 12.2. The van der Waals surface area contributed by atoms with Crippen LogP contribution in [-0.2, 0) is 5.54 Å². The lowest BCUT2D eigenvalue weighted by atomic mass is 9.82. The van der Waals surface area contributed by atoms with Crippen molar-refractivity contribution in [2.24, 2.45) is 5.73 Å². The Balaban J connectivity index is 1.73. The van der Waals surface area contributed by atoms with Crippen molar-refractivity contribution in [3.05, 3.63) is 11.7 Å². The monoisotopic (exact) mass is 313 g/mol. The Morgan fingerprint density at radius 2 is 1.95 bits per heavy atom. The molecule has 20 heavy (non-hydrogen) atoms. The first-order chi connectivity index (χ1) is 9.58. The molecule has 1 aromatic heterocycles. The Kier molecular flexibility index (Phi) is 4.34. The van der Waals surface area contributed by atoms with E-state index in [4.69, 9.17) is 10.3 Å². The SMILES string of the molecule is CC1SCC(c2noc(C3(N)CCCCC3)n2)SC1C. The molecule has 0 bridgehead atoms. The van der Waals surface area contributed by atoms with Crippen LogP contribution in [0.5, 0.6) is 0 Å². The van der Waals surface area contributed by atoms with Gasteiger partial charge in [-0.3, -0.25) is 0 Å². The van der Waals surface area contributed by atoms with Crippen LogP contribution in [0.25, 0.3) is 0 Å². The topological polar surface area (TPSA) is 64.9 Å². The minimum Gasteiger partial charge on any atom is -0.337 e. The van der Waals surface area contributed by atoms with E-state index in [1.54, 1.807) is 0 Å². The number of rotatable bonds is 2. The first kappa shape index (κ1) is 14.7. The van der Waals surface area contributed by atoms with Crippen LogP contribution < -0.4 is 5.73 Å². The van der Waals surface area contributed by atoms with Gasteiger partial charge in [-0.25, -0.2) is 0 Å². The largest absolute Gasteiger partial charge is 0.337 e. The van der Waals surface area contributed by atoms with Crippen molar-refractivity contribution in [2.75, 3.05) is 5.75 Å². The molecule has 0 amide bonds. The van der Waals surface area contributed by atoms with Gasteiger partial charge in [0.2, 0.25) is 5.89 Å². The fourth-order valence-electron chi connectivity index (χ4n) is 2.88. The smallest absolute Gasteiger partial charge is 0.246 e. The highest BCUT2D eigenvalue weighted by atomic mass is 32.2. The van der Waals surface area contributed by atoms with Crippen molar-refractivity contribution in [1.82, 2.24) is 10.1 Å². The van der Waals surface area contributed by atoms with Crippen LogP contribution in [0.2, 0.25) is 0 Å². The summed E-state index contributed by atoms with van der Waals surface area (Å²) in [4.78, 5) is 4.65. The molecule has 2 aliphatic rings. The third kappa shape index (κ3) is 2.88. The highest BCUT2D eigenvalue weighted by molar-refractivity contribution is 8.07. The molecule has 1 aliphatic heterocycles. The van der Waals surface area contributed by atoms with E-state index in [0.717, 1.165) is 37.3 Å². The molecule has 2 N–H and O–H groups in total. The fourth-order valence-corrected chi connectivity index (χ4v) is 5.72. The second-order valence-electron chi connectivity index (χ2n) is 6.04. The molecule has 0 radical (unpaired) electrons. The summed E-state index contributed by atoms with van der Waals surface area (Å²) in [5.74, 6) is 2.56. The molecule has 112 valence electrons. The van der Waals surface area contributed by atoms with Crippen molar-refractivity contribution in [2.45, 2.75) is 67.2 Å². The number of nitrogens with zero attached hydrogens (tertiary/aromatic N) is 2. The van der Waals surface area contributed by atoms with Gasteiger partial charge in [0.25, 0.3) is 0 Å². The Labute approximate surface area is 129 Å². The van der Waals surface area contributed by atoms with Crippen LogP contribution in [0.4, 0.5) is 0 Å². The Morgan fingerprint density at radius 1 is 1.20 bits per heavy atom. The number of thioether (sulfide) groups is 2. The minimum absolute atomic E-state index is 0.343. The van der Waals surface area contributed by atoms with E-state index in [1.165, 1.54) is 6.42 Å². The number of hydrogen-bond acceptors (Lipinski definition) is 6. The van der Waals surface area contributed by atoms with Crippen LogP contribution in [0.1, 0.15) is 62.9 Å². The Hall–Kier alpha value is -0.200. The summed E-state index contributed by atoms with van der Waals surface area (Å²) in [6.45, 7) is 4.57. The predicted octanol–water partition coefficient (Wildman–Crippen LogP) is 3.49. The second kappa shape index (κ2) is 5.89. The van der Waals surface area contributed by atoms with Crippen LogP contribution >= 0.6 is 23.5 Å². The first-order valence-electron chi connectivity index (χ1n) is 7.48. The summed E-state index contributed by atoms with van der Waals surface area (Å²) >= 11 is 3.96. The summed E-state index contributed by atoms with van der Waals surface area (Å²) in [5, 5.41) is 5.89. The molecule has 2 fully saturated rings. The van der Waals surface area contributed by atoms with E-state index in [1.807, 2.05) is 23.5 Å². The van der Waals surface area contributed by atoms with Gasteiger partial charge in [-0.2, -0.15) is 16.7 Å². The van der Waals surface area contributed by atoms with Gasteiger partial charge in [0.05, 0.1) is 10.8 Å². The average Bonchev–Trinajstić information content (AvgIpc) is 2.93. The zero-order valence-corrected chi connectivity index (χ0v) is 13.8. The molecule has 3 atom stereocenters. The molecule has 0 spiro atoms. The normalized spacial score (nSPS) is 34.0. The first-order valence-corrected chi connectivity index (χ1v) is 9.48. The Morgan fingerprint density at radius 3 is 2.65 bits per heavy atom. The molecule has 0 aromatic carbocycles. The molecule has 1 saturated heterocycles. The van der Waals surface area contributed by atoms with Crippen LogP contribution in [0.3, 0.4) is 0 Å². The lowest BCUT2D eigenvalue weighted by molar-refractivity contribution is 0.219. The van der Waals surface area contributed by atoms with Crippen molar-refractivity contribution >= 4 is 23.5 Å². The minimum atomic E-state index is -0.380. The number of hydrogen-bond donors (Lipinski definition) is 1. The molecule has 1 saturated carbocycles. The highest BCUT2D eigenvalue weighted by Crippen LogP contribution is 2.44. The molecule has 1 aliphatic carbocycles. The van der Waals surface area contributed by atoms with Gasteiger partial charge in [-0.15, -0.1) is 11.8 Å². The van der Waals surface area contributed by atoms with E-state index in [0.29, 0.717) is 21.6 Å². The summed E-state index contributed by atoms with van der Waals surface area (Å²) in [6, 6.07) is 0. The standard InChI is InChI=1S/C14H23N3OS2/c1-9-10(2)20-11(8-19-9)12-16-13(18-17-12)14(15)6-4-3-5-7-14/h9-11H,3-8,15H2,1-2H3. The summed E-state index contributed by atoms with van der Waals surface area (Å²) < 4.78 is 5.51. The van der Waals surface area contributed by atoms with Gasteiger partial charge < -0.3 is 10.3 Å². The van der Waals surface area contributed by atoms with E-state index in [9.17, 15) is 0 Å². The fraction of sp³-hybridized carbons (Fsp3) is 0.857. The van der Waals surface area contributed by atoms with Crippen LogP contribution in [-0.4, -0.2) is 26.4 Å². The van der Waals surface area contributed by atoms with Gasteiger partial charge in [0, 0.05) is 16.3 Å². The molecular weight excluding hydrogens is 290 g/mol. The molecule has 6 heteroatoms. The lowest BCUT2D eigenvalue weighted by Crippen LogP contribution is -2.39. The third-order valence-electron chi connectivity index (χ3n) is 4.45.